The Bertz CT molecular complexity index is 888. The minimum absolute atomic E-state index is 0.346. The van der Waals surface area contributed by atoms with Gasteiger partial charge in [0.25, 0.3) is 5.91 Å². The number of rotatable bonds is 6. The van der Waals surface area contributed by atoms with Crippen LogP contribution in [-0.4, -0.2) is 22.8 Å². The summed E-state index contributed by atoms with van der Waals surface area (Å²) in [7, 11) is 0. The van der Waals surface area contributed by atoms with Crippen LogP contribution < -0.4 is 11.1 Å². The lowest BCUT2D eigenvalue weighted by Gasteiger charge is -2.16. The predicted molar refractivity (Wildman–Crippen MR) is 97.0 cm³/mol. The molecule has 0 fully saturated rings. The van der Waals surface area contributed by atoms with Crippen molar-refractivity contribution in [2.75, 3.05) is 0 Å². The minimum atomic E-state index is -0.730. The van der Waals surface area contributed by atoms with Crippen LogP contribution >= 0.6 is 0 Å². The van der Waals surface area contributed by atoms with Gasteiger partial charge in [-0.3, -0.25) is 14.6 Å². The van der Waals surface area contributed by atoms with E-state index in [9.17, 15) is 9.59 Å². The number of aromatic nitrogens is 1. The van der Waals surface area contributed by atoms with E-state index in [4.69, 9.17) is 5.73 Å². The topological polar surface area (TPSA) is 85.1 Å². The fraction of sp³-hybridized carbons (Fsp3) is 0.150. The van der Waals surface area contributed by atoms with Crippen LogP contribution in [0.1, 0.15) is 22.3 Å². The van der Waals surface area contributed by atoms with Crippen molar-refractivity contribution in [3.63, 3.8) is 0 Å². The molecule has 5 nitrogen and oxygen atoms in total. The van der Waals surface area contributed by atoms with Crippen molar-refractivity contribution < 1.29 is 9.59 Å². The van der Waals surface area contributed by atoms with Gasteiger partial charge in [-0.05, 0) is 30.5 Å². The first-order chi connectivity index (χ1) is 12.1. The molecule has 0 saturated carbocycles. The molecule has 0 bridgehead atoms. The molecule has 3 aromatic rings. The van der Waals surface area contributed by atoms with Crippen molar-refractivity contribution in [1.29, 1.82) is 0 Å². The quantitative estimate of drug-likeness (QED) is 0.726. The van der Waals surface area contributed by atoms with Crippen molar-refractivity contribution in [2.45, 2.75) is 18.9 Å². The van der Waals surface area contributed by atoms with Crippen molar-refractivity contribution in [3.05, 3.63) is 78.0 Å². The van der Waals surface area contributed by atoms with Gasteiger partial charge in [-0.2, -0.15) is 0 Å². The Labute approximate surface area is 145 Å². The highest BCUT2D eigenvalue weighted by Gasteiger charge is 2.20. The molecular weight excluding hydrogens is 314 g/mol. The second-order valence-electron chi connectivity index (χ2n) is 5.83. The van der Waals surface area contributed by atoms with Crippen molar-refractivity contribution in [3.8, 4) is 0 Å². The maximum absolute atomic E-state index is 12.6. The summed E-state index contributed by atoms with van der Waals surface area (Å²) in [4.78, 5) is 28.6. The van der Waals surface area contributed by atoms with Crippen LogP contribution in [0.5, 0.6) is 0 Å². The van der Waals surface area contributed by atoms with Gasteiger partial charge in [-0.15, -0.1) is 0 Å². The lowest BCUT2D eigenvalue weighted by Crippen LogP contribution is -2.44. The molecular formula is C20H19N3O2. The fourth-order valence-electron chi connectivity index (χ4n) is 2.76. The average Bonchev–Trinajstić information content (AvgIpc) is 2.65. The lowest BCUT2D eigenvalue weighted by atomic mass is 10.0. The van der Waals surface area contributed by atoms with Crippen molar-refractivity contribution >= 4 is 22.7 Å². The molecule has 0 spiro atoms. The van der Waals surface area contributed by atoms with E-state index in [0.717, 1.165) is 10.9 Å². The largest absolute Gasteiger partial charge is 0.368 e. The molecule has 2 amide bonds. The number of nitrogens with two attached hydrogens (primary N) is 1. The van der Waals surface area contributed by atoms with Gasteiger partial charge >= 0.3 is 0 Å². The Balaban J connectivity index is 1.75. The van der Waals surface area contributed by atoms with Gasteiger partial charge in [0.2, 0.25) is 5.91 Å². The van der Waals surface area contributed by atoms with Gasteiger partial charge in [0.1, 0.15) is 6.04 Å². The number of primary amides is 1. The normalized spacial score (nSPS) is 11.8. The van der Waals surface area contributed by atoms with E-state index in [2.05, 4.69) is 10.3 Å². The number of benzene rings is 2. The summed E-state index contributed by atoms with van der Waals surface area (Å²) in [5.74, 6) is -0.890. The molecule has 5 heteroatoms. The van der Waals surface area contributed by atoms with E-state index in [-0.39, 0.29) is 5.91 Å². The summed E-state index contributed by atoms with van der Waals surface area (Å²) in [5.41, 5.74) is 7.60. The number of amides is 2. The molecule has 1 heterocycles. The highest BCUT2D eigenvalue weighted by atomic mass is 16.2. The number of para-hydroxylation sites is 1. The molecule has 0 saturated heterocycles. The second-order valence-corrected chi connectivity index (χ2v) is 5.83. The van der Waals surface area contributed by atoms with Gasteiger partial charge < -0.3 is 11.1 Å². The first-order valence-corrected chi connectivity index (χ1v) is 8.13. The smallest absolute Gasteiger partial charge is 0.254 e. The SMILES string of the molecule is NC(=O)[C@H](CCc1ccccc1)NC(=O)c1cccc2cccnc12. The standard InChI is InChI=1S/C20H19N3O2/c21-19(24)17(12-11-14-6-2-1-3-7-14)23-20(25)16-10-4-8-15-9-5-13-22-18(15)16/h1-10,13,17H,11-12H2,(H2,21,24)(H,23,25)/t17-/m0/s1. The van der Waals surface area contributed by atoms with Crippen LogP contribution in [0.2, 0.25) is 0 Å². The molecule has 25 heavy (non-hydrogen) atoms. The first kappa shape index (κ1) is 16.6. The zero-order valence-electron chi connectivity index (χ0n) is 13.7. The molecule has 3 N–H and O–H groups in total. The Morgan fingerprint density at radius 3 is 2.52 bits per heavy atom. The number of carbonyl (C=O) groups is 2. The zero-order valence-corrected chi connectivity index (χ0v) is 13.7. The van der Waals surface area contributed by atoms with Crippen LogP contribution in [0.3, 0.4) is 0 Å². The predicted octanol–water partition coefficient (Wildman–Crippen LogP) is 2.45. The molecule has 2 aromatic carbocycles. The number of carbonyl (C=O) groups excluding carboxylic acids is 2. The molecule has 0 aliphatic rings. The van der Waals surface area contributed by atoms with Crippen molar-refractivity contribution in [2.24, 2.45) is 5.73 Å². The van der Waals surface area contributed by atoms with E-state index in [1.807, 2.05) is 48.5 Å². The Morgan fingerprint density at radius 2 is 1.76 bits per heavy atom. The van der Waals surface area contributed by atoms with Crippen LogP contribution in [-0.2, 0) is 11.2 Å². The number of hydrogen-bond donors (Lipinski definition) is 2. The minimum Gasteiger partial charge on any atom is -0.368 e. The number of pyridine rings is 1. The lowest BCUT2D eigenvalue weighted by molar-refractivity contribution is -0.120. The number of nitrogens with zero attached hydrogens (tertiary/aromatic N) is 1. The van der Waals surface area contributed by atoms with Gasteiger partial charge in [-0.25, -0.2) is 0 Å². The van der Waals surface area contributed by atoms with Gasteiger partial charge in [0.05, 0.1) is 11.1 Å². The van der Waals surface area contributed by atoms with Gasteiger partial charge in [-0.1, -0.05) is 48.5 Å². The monoisotopic (exact) mass is 333 g/mol. The number of aryl methyl sites for hydroxylation is 1. The highest BCUT2D eigenvalue weighted by molar-refractivity contribution is 6.06. The summed E-state index contributed by atoms with van der Waals surface area (Å²) >= 11 is 0. The van der Waals surface area contributed by atoms with Gasteiger partial charge in [0, 0.05) is 11.6 Å². The molecule has 126 valence electrons. The van der Waals surface area contributed by atoms with Crippen LogP contribution in [0.25, 0.3) is 10.9 Å². The molecule has 1 atom stereocenters. The van der Waals surface area contributed by atoms with Crippen molar-refractivity contribution in [1.82, 2.24) is 10.3 Å². The number of hydrogen-bond acceptors (Lipinski definition) is 3. The van der Waals surface area contributed by atoms with Crippen LogP contribution in [0.4, 0.5) is 0 Å². The summed E-state index contributed by atoms with van der Waals surface area (Å²) in [5, 5.41) is 3.61. The summed E-state index contributed by atoms with van der Waals surface area (Å²) in [6.45, 7) is 0. The number of nitrogens with one attached hydrogen (secondary N) is 1. The van der Waals surface area contributed by atoms with E-state index in [0.29, 0.717) is 23.9 Å². The summed E-state index contributed by atoms with van der Waals surface area (Å²) < 4.78 is 0. The average molecular weight is 333 g/mol. The third-order valence-electron chi connectivity index (χ3n) is 4.09. The highest BCUT2D eigenvalue weighted by Crippen LogP contribution is 2.16. The Kier molecular flexibility index (Phi) is 5.04. The number of fused-ring (bicyclic) bond motifs is 1. The molecule has 0 aliphatic heterocycles. The van der Waals surface area contributed by atoms with Crippen LogP contribution in [0, 0.1) is 0 Å². The van der Waals surface area contributed by atoms with Crippen LogP contribution in [0.15, 0.2) is 66.9 Å². The van der Waals surface area contributed by atoms with E-state index < -0.39 is 11.9 Å². The third kappa shape index (κ3) is 4.01. The molecule has 1 aromatic heterocycles. The van der Waals surface area contributed by atoms with Gasteiger partial charge in [0.15, 0.2) is 0 Å². The molecule has 3 rings (SSSR count). The summed E-state index contributed by atoms with van der Waals surface area (Å²) in [6, 6.07) is 18.1. The first-order valence-electron chi connectivity index (χ1n) is 8.13. The molecule has 0 unspecified atom stereocenters. The fourth-order valence-corrected chi connectivity index (χ4v) is 2.76. The Morgan fingerprint density at radius 1 is 1.00 bits per heavy atom. The molecule has 0 aliphatic carbocycles. The maximum Gasteiger partial charge on any atom is 0.254 e. The van der Waals surface area contributed by atoms with E-state index in [1.54, 1.807) is 18.3 Å². The molecule has 0 radical (unpaired) electrons. The van der Waals surface area contributed by atoms with E-state index in [1.165, 1.54) is 0 Å². The summed E-state index contributed by atoms with van der Waals surface area (Å²) in [6.07, 6.45) is 2.74. The second kappa shape index (κ2) is 7.57. The third-order valence-corrected chi connectivity index (χ3v) is 4.09. The Hall–Kier alpha value is -3.21. The zero-order chi connectivity index (χ0) is 17.6. The maximum atomic E-state index is 12.6. The van der Waals surface area contributed by atoms with E-state index >= 15 is 0 Å².